The van der Waals surface area contributed by atoms with Gasteiger partial charge in [-0.3, -0.25) is 0 Å². The van der Waals surface area contributed by atoms with E-state index in [-0.39, 0.29) is 0 Å². The van der Waals surface area contributed by atoms with Gasteiger partial charge in [-0.05, 0) is 36.3 Å². The van der Waals surface area contributed by atoms with Crippen LogP contribution in [-0.4, -0.2) is 38.2 Å². The Bertz CT molecular complexity index is 815. The van der Waals surface area contributed by atoms with Crippen molar-refractivity contribution in [2.24, 2.45) is 0 Å². The van der Waals surface area contributed by atoms with Crippen LogP contribution in [0.4, 0.5) is 0 Å². The van der Waals surface area contributed by atoms with Crippen molar-refractivity contribution in [2.75, 3.05) is 28.2 Å². The third-order valence-electron chi connectivity index (χ3n) is 4.99. The van der Waals surface area contributed by atoms with Crippen LogP contribution in [0.3, 0.4) is 0 Å². The van der Waals surface area contributed by atoms with E-state index >= 15 is 0 Å². The Morgan fingerprint density at radius 2 is 1.18 bits per heavy atom. The summed E-state index contributed by atoms with van der Waals surface area (Å²) in [5, 5.41) is 12.0. The molecule has 0 saturated carbocycles. The van der Waals surface area contributed by atoms with E-state index in [0.717, 1.165) is 29.8 Å². The molecule has 0 heterocycles. The number of nitrogens with zero attached hydrogens (tertiary/aromatic N) is 1. The number of aliphatic hydroxyl groups is 1. The van der Waals surface area contributed by atoms with E-state index in [0.29, 0.717) is 0 Å². The second kappa shape index (κ2) is 8.70. The second-order valence-electron chi connectivity index (χ2n) is 8.09. The molecule has 3 aromatic rings. The zero-order chi connectivity index (χ0) is 20.1. The molecule has 28 heavy (non-hydrogen) atoms. The first-order chi connectivity index (χ1) is 13.4. The van der Waals surface area contributed by atoms with Crippen molar-refractivity contribution in [3.05, 3.63) is 107 Å². The fraction of sp³-hybridized carbons (Fsp3) is 0.280. The molecule has 0 radical (unpaired) electrons. The van der Waals surface area contributed by atoms with Crippen LogP contribution in [0.2, 0.25) is 0 Å². The molecule has 1 atom stereocenters. The van der Waals surface area contributed by atoms with Gasteiger partial charge in [0.25, 0.3) is 0 Å². The van der Waals surface area contributed by atoms with Crippen LogP contribution >= 0.6 is 0 Å². The molecule has 146 valence electrons. The SMILES string of the molecule is CN(C)Cc1ccc(C(O)(c2ccccc2)c2ccc(C[NH+](C)C)cc2)cc1. The van der Waals surface area contributed by atoms with E-state index in [1.54, 1.807) is 0 Å². The summed E-state index contributed by atoms with van der Waals surface area (Å²) in [7, 11) is 8.41. The first-order valence-corrected chi connectivity index (χ1v) is 9.80. The Balaban J connectivity index is 2.04. The molecule has 0 amide bonds. The van der Waals surface area contributed by atoms with Gasteiger partial charge in [-0.1, -0.05) is 78.9 Å². The smallest absolute Gasteiger partial charge is 0.140 e. The molecular weight excluding hydrogens is 344 g/mol. The summed E-state index contributed by atoms with van der Waals surface area (Å²) in [6, 6.07) is 26.6. The predicted octanol–water partition coefficient (Wildman–Crippen LogP) is 2.68. The minimum Gasteiger partial charge on any atom is -0.376 e. The Kier molecular flexibility index (Phi) is 6.30. The minimum absolute atomic E-state index is 0.876. The quantitative estimate of drug-likeness (QED) is 0.622. The summed E-state index contributed by atoms with van der Waals surface area (Å²) in [6.45, 7) is 1.84. The summed E-state index contributed by atoms with van der Waals surface area (Å²) >= 11 is 0. The highest BCUT2D eigenvalue weighted by Gasteiger charge is 2.33. The van der Waals surface area contributed by atoms with Gasteiger partial charge in [0.2, 0.25) is 0 Å². The van der Waals surface area contributed by atoms with Crippen molar-refractivity contribution < 1.29 is 10.0 Å². The Morgan fingerprint density at radius 3 is 1.64 bits per heavy atom. The third kappa shape index (κ3) is 4.50. The molecule has 1 unspecified atom stereocenters. The van der Waals surface area contributed by atoms with Crippen LogP contribution in [0.25, 0.3) is 0 Å². The topological polar surface area (TPSA) is 27.9 Å². The van der Waals surface area contributed by atoms with Crippen LogP contribution < -0.4 is 4.90 Å². The first-order valence-electron chi connectivity index (χ1n) is 9.80. The first kappa shape index (κ1) is 20.3. The number of benzene rings is 3. The molecule has 0 aliphatic carbocycles. The third-order valence-corrected chi connectivity index (χ3v) is 4.99. The number of quaternary nitrogens is 1. The van der Waals surface area contributed by atoms with Crippen LogP contribution in [0.15, 0.2) is 78.9 Å². The van der Waals surface area contributed by atoms with Crippen molar-refractivity contribution in [3.63, 3.8) is 0 Å². The Hall–Kier alpha value is -2.46. The standard InChI is InChI=1S/C25H30N2O/c1-26(2)18-20-10-14-23(15-11-20)25(28,22-8-6-5-7-9-22)24-16-12-21(13-17-24)19-27(3)4/h5-17,28H,18-19H2,1-4H3/p+1. The van der Waals surface area contributed by atoms with E-state index < -0.39 is 5.60 Å². The highest BCUT2D eigenvalue weighted by atomic mass is 16.3. The van der Waals surface area contributed by atoms with Gasteiger partial charge in [0, 0.05) is 12.1 Å². The zero-order valence-electron chi connectivity index (χ0n) is 17.3. The number of hydrogen-bond acceptors (Lipinski definition) is 2. The van der Waals surface area contributed by atoms with Gasteiger partial charge in [-0.25, -0.2) is 0 Å². The molecule has 2 N–H and O–H groups in total. The van der Waals surface area contributed by atoms with Gasteiger partial charge in [0.1, 0.15) is 12.1 Å². The Morgan fingerprint density at radius 1 is 0.714 bits per heavy atom. The normalized spacial score (nSPS) is 13.7. The van der Waals surface area contributed by atoms with Crippen LogP contribution in [-0.2, 0) is 18.7 Å². The fourth-order valence-electron chi connectivity index (χ4n) is 3.67. The molecule has 3 nitrogen and oxygen atoms in total. The van der Waals surface area contributed by atoms with Crippen LogP contribution in [0.1, 0.15) is 27.8 Å². The molecule has 0 saturated heterocycles. The molecular formula is C25H31N2O+. The number of rotatable bonds is 7. The van der Waals surface area contributed by atoms with Gasteiger partial charge >= 0.3 is 0 Å². The number of nitrogens with one attached hydrogen (secondary N) is 1. The van der Waals surface area contributed by atoms with E-state index in [9.17, 15) is 5.11 Å². The van der Waals surface area contributed by atoms with E-state index in [1.165, 1.54) is 16.0 Å². The summed E-state index contributed by atoms with van der Waals surface area (Å²) in [4.78, 5) is 3.52. The second-order valence-corrected chi connectivity index (χ2v) is 8.09. The molecule has 0 aliphatic rings. The summed E-state index contributed by atoms with van der Waals surface area (Å²) < 4.78 is 0. The monoisotopic (exact) mass is 375 g/mol. The van der Waals surface area contributed by atoms with Crippen molar-refractivity contribution in [2.45, 2.75) is 18.7 Å². The number of hydrogen-bond donors (Lipinski definition) is 2. The van der Waals surface area contributed by atoms with Crippen LogP contribution in [0, 0.1) is 0 Å². The molecule has 0 aromatic heterocycles. The molecule has 3 heteroatoms. The molecule has 3 rings (SSSR count). The van der Waals surface area contributed by atoms with Crippen molar-refractivity contribution in [3.8, 4) is 0 Å². The lowest BCUT2D eigenvalue weighted by atomic mass is 9.80. The lowest BCUT2D eigenvalue weighted by Crippen LogP contribution is -3.04. The van der Waals surface area contributed by atoms with Gasteiger partial charge < -0.3 is 14.9 Å². The summed E-state index contributed by atoms with van der Waals surface area (Å²) in [6.07, 6.45) is 0. The Labute approximate surface area is 168 Å². The van der Waals surface area contributed by atoms with Crippen LogP contribution in [0.5, 0.6) is 0 Å². The van der Waals surface area contributed by atoms with Gasteiger partial charge in [0.05, 0.1) is 14.1 Å². The maximum absolute atomic E-state index is 12.0. The molecule has 3 aromatic carbocycles. The predicted molar refractivity (Wildman–Crippen MR) is 115 cm³/mol. The summed E-state index contributed by atoms with van der Waals surface area (Å²) in [5.74, 6) is 0. The maximum Gasteiger partial charge on any atom is 0.140 e. The molecule has 0 aliphatic heterocycles. The van der Waals surface area contributed by atoms with E-state index in [1.807, 2.05) is 42.5 Å². The van der Waals surface area contributed by atoms with E-state index in [4.69, 9.17) is 0 Å². The van der Waals surface area contributed by atoms with Crippen molar-refractivity contribution >= 4 is 0 Å². The molecule has 0 spiro atoms. The van der Waals surface area contributed by atoms with Crippen molar-refractivity contribution in [1.29, 1.82) is 0 Å². The van der Waals surface area contributed by atoms with Gasteiger partial charge in [-0.15, -0.1) is 0 Å². The fourth-order valence-corrected chi connectivity index (χ4v) is 3.67. The summed E-state index contributed by atoms with van der Waals surface area (Å²) in [5.41, 5.74) is 3.96. The van der Waals surface area contributed by atoms with E-state index in [2.05, 4.69) is 69.5 Å². The highest BCUT2D eigenvalue weighted by Crippen LogP contribution is 2.36. The highest BCUT2D eigenvalue weighted by molar-refractivity contribution is 5.47. The van der Waals surface area contributed by atoms with Crippen molar-refractivity contribution in [1.82, 2.24) is 4.90 Å². The minimum atomic E-state index is -1.18. The molecule has 0 fully saturated rings. The average Bonchev–Trinajstić information content (AvgIpc) is 2.68. The lowest BCUT2D eigenvalue weighted by molar-refractivity contribution is -0.872. The zero-order valence-corrected chi connectivity index (χ0v) is 17.3. The largest absolute Gasteiger partial charge is 0.376 e. The maximum atomic E-state index is 12.0. The van der Waals surface area contributed by atoms with Gasteiger partial charge in [0.15, 0.2) is 0 Å². The molecule has 0 bridgehead atoms. The van der Waals surface area contributed by atoms with Gasteiger partial charge in [-0.2, -0.15) is 0 Å². The average molecular weight is 376 g/mol. The lowest BCUT2D eigenvalue weighted by Gasteiger charge is -2.30.